The summed E-state index contributed by atoms with van der Waals surface area (Å²) in [7, 11) is 1.37. The highest BCUT2D eigenvalue weighted by Crippen LogP contribution is 2.42. The number of Topliss-reactive ketones (excluding diaryl/α,β-unsaturated/α-hetero) is 1. The highest BCUT2D eigenvalue weighted by molar-refractivity contribution is 9.10. The van der Waals surface area contributed by atoms with Gasteiger partial charge in [0, 0.05) is 43.4 Å². The van der Waals surface area contributed by atoms with E-state index in [-0.39, 0.29) is 18.1 Å². The minimum absolute atomic E-state index is 0.0625. The molecule has 8 heteroatoms. The van der Waals surface area contributed by atoms with Crippen molar-refractivity contribution < 1.29 is 19.1 Å². The first-order chi connectivity index (χ1) is 17.9. The van der Waals surface area contributed by atoms with Crippen LogP contribution in [0.25, 0.3) is 5.57 Å². The number of ketones is 1. The van der Waals surface area contributed by atoms with Crippen molar-refractivity contribution in [1.29, 1.82) is 0 Å². The topological polar surface area (TPSA) is 79.0 Å². The Hall–Kier alpha value is -3.49. The average molecular weight is 564 g/mol. The number of methoxy groups -OCH3 is 1. The zero-order valence-electron chi connectivity index (χ0n) is 21.2. The number of carbonyl (C=O) groups is 3. The molecule has 0 fully saturated rings. The maximum absolute atomic E-state index is 13.2. The van der Waals surface area contributed by atoms with E-state index in [1.54, 1.807) is 12.1 Å². The zero-order chi connectivity index (χ0) is 26.5. The fourth-order valence-electron chi connectivity index (χ4n) is 4.50. The zero-order valence-corrected chi connectivity index (χ0v) is 22.7. The highest BCUT2D eigenvalue weighted by Gasteiger charge is 2.35. The molecule has 1 heterocycles. The smallest absolute Gasteiger partial charge is 0.355 e. The van der Waals surface area contributed by atoms with E-state index in [1.807, 2.05) is 78.5 Å². The quantitative estimate of drug-likeness (QED) is 0.287. The third-order valence-corrected chi connectivity index (χ3v) is 7.24. The molecule has 1 N–H and O–H groups in total. The van der Waals surface area contributed by atoms with Gasteiger partial charge in [-0.15, -0.1) is 0 Å². The number of alkyl halides is 1. The van der Waals surface area contributed by atoms with E-state index in [0.717, 1.165) is 27.8 Å². The second-order valence-electron chi connectivity index (χ2n) is 8.80. The largest absolute Gasteiger partial charge is 0.464 e. The summed E-state index contributed by atoms with van der Waals surface area (Å²) in [4.78, 5) is 39.7. The van der Waals surface area contributed by atoms with Gasteiger partial charge in [-0.1, -0.05) is 78.3 Å². The van der Waals surface area contributed by atoms with Gasteiger partial charge in [0.25, 0.3) is 5.91 Å². The van der Waals surface area contributed by atoms with Crippen molar-refractivity contribution in [3.63, 3.8) is 0 Å². The predicted octanol–water partition coefficient (Wildman–Crippen LogP) is 4.62. The third kappa shape index (κ3) is 5.76. The molecule has 2 aromatic rings. The number of nitrogens with zero attached hydrogens (tertiary/aromatic N) is 2. The molecule has 37 heavy (non-hydrogen) atoms. The summed E-state index contributed by atoms with van der Waals surface area (Å²) in [6.07, 6.45) is 3.99. The number of esters is 1. The van der Waals surface area contributed by atoms with E-state index in [0.29, 0.717) is 30.9 Å². The summed E-state index contributed by atoms with van der Waals surface area (Å²) >= 11 is 3.46. The Morgan fingerprint density at radius 3 is 2.38 bits per heavy atom. The number of benzene rings is 2. The van der Waals surface area contributed by atoms with E-state index >= 15 is 0 Å². The van der Waals surface area contributed by atoms with Crippen LogP contribution in [0, 0.1) is 0 Å². The van der Waals surface area contributed by atoms with Crippen LogP contribution in [0.5, 0.6) is 0 Å². The summed E-state index contributed by atoms with van der Waals surface area (Å²) in [5, 5.41) is 1.84. The van der Waals surface area contributed by atoms with Gasteiger partial charge in [-0.2, -0.15) is 0 Å². The molecular formula is C29H30BrN3O4. The first-order valence-corrected chi connectivity index (χ1v) is 13.2. The summed E-state index contributed by atoms with van der Waals surface area (Å²) in [5.41, 5.74) is 8.04. The van der Waals surface area contributed by atoms with Crippen molar-refractivity contribution in [3.8, 4) is 0 Å². The minimum atomic E-state index is -0.465. The Balaban J connectivity index is 1.72. The number of hydrazine groups is 1. The molecule has 0 aromatic heterocycles. The molecule has 7 nitrogen and oxygen atoms in total. The standard InChI is InChI=1S/C29H30BrN3O4/c1-4-33(5-2)31-28(35)21-13-11-19(12-14-21)17-32-18-22-15-25(34)24(30)16-23(22)26(27(32)29(36)37-3)20-9-7-6-8-10-20/h6-14,16,18,24H,4-5,15,17H2,1-3H3,(H,31,35). The van der Waals surface area contributed by atoms with Crippen molar-refractivity contribution in [3.05, 3.63) is 100 Å². The lowest BCUT2D eigenvalue weighted by Crippen LogP contribution is -2.41. The van der Waals surface area contributed by atoms with Crippen molar-refractivity contribution >= 4 is 39.2 Å². The fourth-order valence-corrected chi connectivity index (χ4v) is 4.92. The molecule has 1 amide bonds. The average Bonchev–Trinajstić information content (AvgIpc) is 2.92. The number of rotatable bonds is 8. The SMILES string of the molecule is CCN(CC)NC(=O)c1ccc(CN2C=C3CC(=O)C(Br)C=C3C(c3ccccc3)=C2C(=O)OC)cc1. The molecule has 0 bridgehead atoms. The van der Waals surface area contributed by atoms with Crippen molar-refractivity contribution in [2.75, 3.05) is 20.2 Å². The molecule has 4 rings (SSSR count). The number of hydrogen-bond acceptors (Lipinski definition) is 6. The van der Waals surface area contributed by atoms with Crippen LogP contribution in [-0.2, 0) is 20.9 Å². The number of ether oxygens (including phenoxy) is 1. The summed E-state index contributed by atoms with van der Waals surface area (Å²) in [6, 6.07) is 16.9. The van der Waals surface area contributed by atoms with E-state index in [9.17, 15) is 14.4 Å². The number of hydrogen-bond donors (Lipinski definition) is 1. The van der Waals surface area contributed by atoms with Crippen molar-refractivity contribution in [2.24, 2.45) is 0 Å². The van der Waals surface area contributed by atoms with Gasteiger partial charge >= 0.3 is 5.97 Å². The number of nitrogens with one attached hydrogen (secondary N) is 1. The Bertz CT molecular complexity index is 1280. The summed E-state index contributed by atoms with van der Waals surface area (Å²) < 4.78 is 5.21. The molecule has 1 unspecified atom stereocenters. The number of amides is 1. The molecule has 2 aliphatic rings. The molecule has 1 aliphatic heterocycles. The lowest BCUT2D eigenvalue weighted by Gasteiger charge is -2.34. The van der Waals surface area contributed by atoms with E-state index < -0.39 is 10.8 Å². The van der Waals surface area contributed by atoms with Gasteiger partial charge < -0.3 is 9.64 Å². The van der Waals surface area contributed by atoms with Crippen molar-refractivity contribution in [2.45, 2.75) is 31.6 Å². The number of allylic oxidation sites excluding steroid dienone is 4. The number of carbonyl (C=O) groups excluding carboxylic acids is 3. The van der Waals surface area contributed by atoms with Gasteiger partial charge in [0.15, 0.2) is 5.78 Å². The first kappa shape index (κ1) is 26.6. The predicted molar refractivity (Wildman–Crippen MR) is 146 cm³/mol. The number of halogens is 1. The van der Waals surface area contributed by atoms with E-state index in [1.165, 1.54) is 7.11 Å². The Kier molecular flexibility index (Phi) is 8.41. The van der Waals surface area contributed by atoms with Crippen LogP contribution < -0.4 is 5.43 Å². The van der Waals surface area contributed by atoms with Gasteiger partial charge in [0.1, 0.15) is 5.70 Å². The van der Waals surface area contributed by atoms with E-state index in [2.05, 4.69) is 21.4 Å². The lowest BCUT2D eigenvalue weighted by molar-refractivity contribution is -0.137. The van der Waals surface area contributed by atoms with Gasteiger partial charge in [0.2, 0.25) is 0 Å². The maximum atomic E-state index is 13.2. The molecule has 0 saturated heterocycles. The highest BCUT2D eigenvalue weighted by atomic mass is 79.9. The normalized spacial score (nSPS) is 17.3. The van der Waals surface area contributed by atoms with Gasteiger partial charge in [-0.3, -0.25) is 15.0 Å². The molecule has 1 atom stereocenters. The second kappa shape index (κ2) is 11.7. The van der Waals surface area contributed by atoms with Crippen LogP contribution in [0.15, 0.2) is 83.7 Å². The molecule has 0 radical (unpaired) electrons. The van der Waals surface area contributed by atoms with E-state index in [4.69, 9.17) is 4.74 Å². The van der Waals surface area contributed by atoms with Gasteiger partial charge in [-0.25, -0.2) is 9.80 Å². The third-order valence-electron chi connectivity index (χ3n) is 6.47. The molecule has 2 aromatic carbocycles. The molecule has 1 aliphatic carbocycles. The van der Waals surface area contributed by atoms with Crippen LogP contribution in [0.4, 0.5) is 0 Å². The Morgan fingerprint density at radius 1 is 1.08 bits per heavy atom. The lowest BCUT2D eigenvalue weighted by atomic mass is 9.82. The molecular weight excluding hydrogens is 534 g/mol. The van der Waals surface area contributed by atoms with Crippen LogP contribution in [-0.4, -0.2) is 52.6 Å². The van der Waals surface area contributed by atoms with Crippen LogP contribution in [0.2, 0.25) is 0 Å². The Labute approximate surface area is 225 Å². The summed E-state index contributed by atoms with van der Waals surface area (Å²) in [5.74, 6) is -0.572. The van der Waals surface area contributed by atoms with Crippen LogP contribution in [0.1, 0.15) is 41.8 Å². The Morgan fingerprint density at radius 2 is 1.76 bits per heavy atom. The van der Waals surface area contributed by atoms with Gasteiger partial charge in [-0.05, 0) is 34.4 Å². The summed E-state index contributed by atoms with van der Waals surface area (Å²) in [6.45, 7) is 5.75. The molecule has 0 spiro atoms. The molecule has 192 valence electrons. The fraction of sp³-hybridized carbons (Fsp3) is 0.276. The monoisotopic (exact) mass is 563 g/mol. The van der Waals surface area contributed by atoms with Crippen LogP contribution in [0.3, 0.4) is 0 Å². The van der Waals surface area contributed by atoms with Crippen LogP contribution >= 0.6 is 15.9 Å². The van der Waals surface area contributed by atoms with Gasteiger partial charge in [0.05, 0.1) is 11.9 Å². The van der Waals surface area contributed by atoms with Crippen molar-refractivity contribution in [1.82, 2.24) is 15.3 Å². The number of fused-ring (bicyclic) bond motifs is 1. The molecule has 0 saturated carbocycles. The second-order valence-corrected chi connectivity index (χ2v) is 9.79. The minimum Gasteiger partial charge on any atom is -0.464 e. The first-order valence-electron chi connectivity index (χ1n) is 12.3. The maximum Gasteiger partial charge on any atom is 0.355 e.